The smallest absolute Gasteiger partial charge is 0.274 e. The van der Waals surface area contributed by atoms with Gasteiger partial charge in [-0.1, -0.05) is 55.9 Å². The quantitative estimate of drug-likeness (QED) is 0.0371. The molecule has 1 fully saturated rings. The highest BCUT2D eigenvalue weighted by molar-refractivity contribution is 8.13. The third kappa shape index (κ3) is 15.7. The molecule has 352 valence electrons. The van der Waals surface area contributed by atoms with Crippen LogP contribution in [0.2, 0.25) is 0 Å². The molecule has 0 saturated carbocycles. The summed E-state index contributed by atoms with van der Waals surface area (Å²) in [6.45, 7) is 1.28. The van der Waals surface area contributed by atoms with E-state index in [2.05, 4.69) is 43.5 Å². The fourth-order valence-corrected chi connectivity index (χ4v) is 9.25. The van der Waals surface area contributed by atoms with Gasteiger partial charge in [-0.05, 0) is 12.5 Å². The van der Waals surface area contributed by atoms with Crippen LogP contribution in [-0.2, 0) is 67.8 Å². The van der Waals surface area contributed by atoms with Gasteiger partial charge in [0.15, 0.2) is 22.3 Å². The molecule has 0 aliphatic carbocycles. The zero-order valence-electron chi connectivity index (χ0n) is 33.8. The fraction of sp³-hybridized carbons (Fsp3) is 0.576. The second-order valence-corrected chi connectivity index (χ2v) is 19.8. The number of phosphoric ester groups is 3. The number of nitrogens with zero attached hydrogens (tertiary/aromatic N) is 4. The van der Waals surface area contributed by atoms with E-state index in [1.54, 1.807) is 0 Å². The minimum absolute atomic E-state index is 0.0276. The maximum atomic E-state index is 12.6. The summed E-state index contributed by atoms with van der Waals surface area (Å²) in [6, 6.07) is 9.28. The highest BCUT2D eigenvalue weighted by Gasteiger charge is 2.55. The number of anilines is 1. The van der Waals surface area contributed by atoms with Crippen LogP contribution in [0.4, 0.5) is 5.82 Å². The molecule has 8 unspecified atom stereocenters. The monoisotopic (exact) mass is 969 g/mol. The number of hydrogen-bond acceptors (Lipinski definition) is 24. The molecule has 1 aromatic carbocycles. The summed E-state index contributed by atoms with van der Waals surface area (Å²) in [5.41, 5.74) is 2.89. The van der Waals surface area contributed by atoms with Crippen molar-refractivity contribution in [2.24, 2.45) is 5.41 Å². The van der Waals surface area contributed by atoms with Gasteiger partial charge < -0.3 is 78.9 Å². The molecule has 26 nitrogen and oxygen atoms in total. The number of fused-ring (bicyclic) bond motifs is 1. The fourth-order valence-electron chi connectivity index (χ4n) is 5.78. The second kappa shape index (κ2) is 22.3. The number of aromatic nitrogens is 4. The Morgan fingerprint density at radius 1 is 1.03 bits per heavy atom. The average Bonchev–Trinajstić information content (AvgIpc) is 3.74. The summed E-state index contributed by atoms with van der Waals surface area (Å²) in [4.78, 5) is 97.0. The van der Waals surface area contributed by atoms with Gasteiger partial charge in [0.2, 0.25) is 11.8 Å². The molecule has 0 radical (unpaired) electrons. The number of imidazole rings is 1. The molecule has 4 rings (SSSR count). The average molecular weight is 970 g/mol. The molecule has 0 spiro atoms. The Bertz CT molecular complexity index is 2190. The zero-order chi connectivity index (χ0) is 46.8. The van der Waals surface area contributed by atoms with Gasteiger partial charge in [-0.15, -0.1) is 0 Å². The predicted molar refractivity (Wildman–Crippen MR) is 210 cm³/mol. The first-order chi connectivity index (χ1) is 29.3. The lowest BCUT2D eigenvalue weighted by Gasteiger charge is -2.36. The van der Waals surface area contributed by atoms with Crippen LogP contribution >= 0.6 is 35.2 Å². The third-order valence-corrected chi connectivity index (χ3v) is 13.0. The van der Waals surface area contributed by atoms with Gasteiger partial charge in [-0.25, -0.2) is 19.3 Å². The largest absolute Gasteiger partial charge is 0.790 e. The third-order valence-electron chi connectivity index (χ3n) is 9.05. The number of nitrogens with one attached hydrogen (secondary N) is 2. The number of carbonyl (C=O) groups is 3. The summed E-state index contributed by atoms with van der Waals surface area (Å²) in [5, 5.41) is 36.2. The number of phosphoric acid groups is 3. The lowest BCUT2D eigenvalue weighted by atomic mass is 9.87. The van der Waals surface area contributed by atoms with Gasteiger partial charge in [0.1, 0.15) is 36.3 Å². The van der Waals surface area contributed by atoms with Crippen LogP contribution in [0.5, 0.6) is 0 Å². The lowest BCUT2D eigenvalue weighted by molar-refractivity contribution is -0.347. The normalized spacial score (nSPS) is 22.2. The Morgan fingerprint density at radius 2 is 1.71 bits per heavy atom. The molecular weight excluding hydrogens is 923 g/mol. The van der Waals surface area contributed by atoms with Gasteiger partial charge in [0.25, 0.3) is 15.6 Å². The highest BCUT2D eigenvalue weighted by Crippen LogP contribution is 2.56. The van der Waals surface area contributed by atoms with Crippen LogP contribution in [0.15, 0.2) is 43.0 Å². The van der Waals surface area contributed by atoms with Crippen LogP contribution in [-0.4, -0.2) is 121 Å². The zero-order valence-corrected chi connectivity index (χ0v) is 37.3. The van der Waals surface area contributed by atoms with Gasteiger partial charge >= 0.3 is 0 Å². The number of hydrogen-bond donors (Lipinski definition) is 6. The Morgan fingerprint density at radius 3 is 2.40 bits per heavy atom. The van der Waals surface area contributed by atoms with E-state index in [-0.39, 0.29) is 67.0 Å². The van der Waals surface area contributed by atoms with Crippen molar-refractivity contribution in [1.29, 1.82) is 0 Å². The van der Waals surface area contributed by atoms with Crippen molar-refractivity contribution < 1.29 is 90.3 Å². The van der Waals surface area contributed by atoms with E-state index in [0.29, 0.717) is 0 Å². The number of nitrogens with two attached hydrogens (primary N) is 1. The highest BCUT2D eigenvalue weighted by atomic mass is 32.2. The maximum absolute atomic E-state index is 12.6. The van der Waals surface area contributed by atoms with E-state index in [1.807, 2.05) is 30.3 Å². The first-order valence-electron chi connectivity index (χ1n) is 18.6. The van der Waals surface area contributed by atoms with Crippen molar-refractivity contribution in [2.75, 3.05) is 44.4 Å². The van der Waals surface area contributed by atoms with Gasteiger partial charge in [0, 0.05) is 37.1 Å². The van der Waals surface area contributed by atoms with Gasteiger partial charge in [-0.3, -0.25) is 28.1 Å². The first kappa shape index (κ1) is 52.3. The predicted octanol–water partition coefficient (Wildman–Crippen LogP) is -2.72. The number of ether oxygens (including phenoxy) is 2. The van der Waals surface area contributed by atoms with Crippen molar-refractivity contribution in [3.63, 3.8) is 0 Å². The van der Waals surface area contributed by atoms with Crippen LogP contribution in [0.25, 0.3) is 11.2 Å². The molecular formula is C33H46N7O19P3S-4. The summed E-state index contributed by atoms with van der Waals surface area (Å²) in [7, 11) is -17.7. The van der Waals surface area contributed by atoms with Gasteiger partial charge in [0.05, 0.1) is 46.7 Å². The molecule has 7 N–H and O–H groups in total. The number of rotatable bonds is 25. The molecule has 2 aromatic heterocycles. The Labute approximate surface area is 363 Å². The molecule has 8 atom stereocenters. The molecule has 1 aliphatic rings. The van der Waals surface area contributed by atoms with E-state index in [9.17, 15) is 63.0 Å². The molecule has 1 saturated heterocycles. The SMILES string of the molecule is CC(C)(COP(=O)([O-])OP(=O)([O-])OCC1OC(C)(n2cnc3c(N)ncnc32)C(O)C1OP(=O)([O-])[O-])C(O)C(=O)NCCC(=O)NCCSC(=O)CC(O)COCc1ccccc1. The number of amides is 2. The Balaban J connectivity index is 1.18. The summed E-state index contributed by atoms with van der Waals surface area (Å²) in [6.07, 6.45) is -7.37. The van der Waals surface area contributed by atoms with Crippen molar-refractivity contribution in [3.8, 4) is 0 Å². The number of thioether (sulfide) groups is 1. The van der Waals surface area contributed by atoms with E-state index < -0.39 is 90.2 Å². The minimum Gasteiger partial charge on any atom is -0.790 e. The molecule has 2 amide bonds. The number of nitrogen functional groups attached to an aromatic ring is 1. The second-order valence-electron chi connectivity index (χ2n) is 14.6. The minimum atomic E-state index is -5.96. The van der Waals surface area contributed by atoms with Crippen molar-refractivity contribution in [3.05, 3.63) is 48.5 Å². The van der Waals surface area contributed by atoms with Crippen LogP contribution in [0, 0.1) is 5.41 Å². The summed E-state index contributed by atoms with van der Waals surface area (Å²) >= 11 is 0.901. The first-order valence-corrected chi connectivity index (χ1v) is 24.0. The molecule has 63 heavy (non-hydrogen) atoms. The van der Waals surface area contributed by atoms with Crippen LogP contribution < -0.4 is 35.9 Å². The Hall–Kier alpha value is -3.30. The van der Waals surface area contributed by atoms with Gasteiger partial charge in [-0.2, -0.15) is 0 Å². The van der Waals surface area contributed by atoms with E-state index in [1.165, 1.54) is 20.8 Å². The van der Waals surface area contributed by atoms with E-state index >= 15 is 0 Å². The van der Waals surface area contributed by atoms with Crippen molar-refractivity contribution in [2.45, 2.75) is 76.5 Å². The maximum Gasteiger partial charge on any atom is 0.274 e. The molecule has 0 bridgehead atoms. The molecule has 3 aromatic rings. The lowest BCUT2D eigenvalue weighted by Crippen LogP contribution is -2.46. The van der Waals surface area contributed by atoms with E-state index in [0.717, 1.165) is 34.5 Å². The Kier molecular flexibility index (Phi) is 18.5. The topological polar surface area (TPSA) is 404 Å². The number of carbonyl (C=O) groups excluding carboxylic acids is 3. The van der Waals surface area contributed by atoms with Crippen molar-refractivity contribution in [1.82, 2.24) is 30.2 Å². The molecule has 30 heteroatoms. The number of aliphatic hydroxyl groups is 3. The number of aliphatic hydroxyl groups excluding tert-OH is 3. The summed E-state index contributed by atoms with van der Waals surface area (Å²) < 4.78 is 66.6. The molecule has 1 aliphatic heterocycles. The van der Waals surface area contributed by atoms with Crippen LogP contribution in [0.1, 0.15) is 39.2 Å². The van der Waals surface area contributed by atoms with Crippen LogP contribution in [0.3, 0.4) is 0 Å². The van der Waals surface area contributed by atoms with Crippen molar-refractivity contribution >= 4 is 69.1 Å². The van der Waals surface area contributed by atoms with E-state index in [4.69, 9.17) is 15.2 Å². The number of benzene rings is 1. The summed E-state index contributed by atoms with van der Waals surface area (Å²) in [5.74, 6) is -1.46. The standard InChI is InChI=1S/C33H50N7O19P3S/c1-32(2,28(45)31(46)36-10-9-23(42)35-11-12-63-24(43)13-21(41)15-54-14-20-7-5-4-6-8-20)17-56-62(52,53)59-61(50,51)55-16-22-26(58-60(47,48)49)27(44)33(3,57-22)40-19-39-25-29(34)37-18-38-30(25)40/h4-8,18-19,21-22,26-28,41,44-45H,9-17H2,1-3H3,(H,35,42)(H,36,46)(H,50,51)(H,52,53)(H2,34,37,38)(H2,47,48,49)/p-4. The molecule has 3 heterocycles.